The van der Waals surface area contributed by atoms with E-state index in [2.05, 4.69) is 10.5 Å². The minimum atomic E-state index is -1.10. The number of carboxylic acid groups (broad SMARTS) is 1. The highest BCUT2D eigenvalue weighted by Crippen LogP contribution is 2.25. The molecule has 0 bridgehead atoms. The molecular formula is C23H19ClN2O5. The van der Waals surface area contributed by atoms with E-state index >= 15 is 0 Å². The Morgan fingerprint density at radius 3 is 2.32 bits per heavy atom. The molecule has 1 amide bonds. The van der Waals surface area contributed by atoms with Crippen molar-refractivity contribution in [1.29, 1.82) is 0 Å². The van der Waals surface area contributed by atoms with Crippen LogP contribution >= 0.6 is 11.6 Å². The normalized spacial score (nSPS) is 10.6. The number of hydrogen-bond acceptors (Lipinski definition) is 5. The number of hydrogen-bond donors (Lipinski definition) is 2. The SMILES string of the molecule is O=C(O)COc1ccc(/C=N/NC(=O)COc2ccc(-c3ccccc3)cc2)cc1Cl. The van der Waals surface area contributed by atoms with Gasteiger partial charge in [-0.3, -0.25) is 4.79 Å². The molecule has 0 saturated carbocycles. The monoisotopic (exact) mass is 438 g/mol. The molecule has 0 spiro atoms. The lowest BCUT2D eigenvalue weighted by atomic mass is 10.1. The molecule has 31 heavy (non-hydrogen) atoms. The van der Waals surface area contributed by atoms with E-state index in [4.69, 9.17) is 26.2 Å². The summed E-state index contributed by atoms with van der Waals surface area (Å²) in [6.45, 7) is -0.678. The van der Waals surface area contributed by atoms with Crippen molar-refractivity contribution in [1.82, 2.24) is 5.43 Å². The van der Waals surface area contributed by atoms with Gasteiger partial charge in [-0.15, -0.1) is 0 Å². The third-order valence-electron chi connectivity index (χ3n) is 4.04. The number of rotatable bonds is 9. The predicted molar refractivity (Wildman–Crippen MR) is 118 cm³/mol. The zero-order valence-corrected chi connectivity index (χ0v) is 17.1. The van der Waals surface area contributed by atoms with Crippen LogP contribution in [-0.2, 0) is 9.59 Å². The second-order valence-electron chi connectivity index (χ2n) is 6.34. The van der Waals surface area contributed by atoms with Crippen molar-refractivity contribution >= 4 is 29.7 Å². The third kappa shape index (κ3) is 6.87. The summed E-state index contributed by atoms with van der Waals surface area (Å²) in [5.74, 6) is -0.700. The first-order valence-corrected chi connectivity index (χ1v) is 9.63. The Kier molecular flexibility index (Phi) is 7.61. The van der Waals surface area contributed by atoms with Crippen LogP contribution in [0.3, 0.4) is 0 Å². The first-order chi connectivity index (χ1) is 15.0. The summed E-state index contributed by atoms with van der Waals surface area (Å²) < 4.78 is 10.5. The molecule has 0 radical (unpaired) electrons. The highest BCUT2D eigenvalue weighted by Gasteiger charge is 2.06. The van der Waals surface area contributed by atoms with E-state index in [0.717, 1.165) is 11.1 Å². The highest BCUT2D eigenvalue weighted by atomic mass is 35.5. The van der Waals surface area contributed by atoms with Crippen LogP contribution < -0.4 is 14.9 Å². The summed E-state index contributed by atoms with van der Waals surface area (Å²) in [7, 11) is 0. The van der Waals surface area contributed by atoms with E-state index in [1.807, 2.05) is 42.5 Å². The molecule has 0 heterocycles. The van der Waals surface area contributed by atoms with Crippen LogP contribution in [0.25, 0.3) is 11.1 Å². The number of carbonyl (C=O) groups is 2. The number of carboxylic acids is 1. The van der Waals surface area contributed by atoms with Gasteiger partial charge in [0.05, 0.1) is 11.2 Å². The van der Waals surface area contributed by atoms with Crippen LogP contribution in [0.15, 0.2) is 77.9 Å². The smallest absolute Gasteiger partial charge is 0.341 e. The van der Waals surface area contributed by atoms with Gasteiger partial charge in [0.25, 0.3) is 5.91 Å². The summed E-state index contributed by atoms with van der Waals surface area (Å²) in [5.41, 5.74) is 5.12. The summed E-state index contributed by atoms with van der Waals surface area (Å²) in [4.78, 5) is 22.4. The van der Waals surface area contributed by atoms with Crippen LogP contribution in [0.5, 0.6) is 11.5 Å². The Hall–Kier alpha value is -3.84. The Morgan fingerprint density at radius 1 is 0.935 bits per heavy atom. The van der Waals surface area contributed by atoms with Gasteiger partial charge < -0.3 is 14.6 Å². The van der Waals surface area contributed by atoms with Crippen LogP contribution in [-0.4, -0.2) is 36.4 Å². The van der Waals surface area contributed by atoms with Gasteiger partial charge in [-0.05, 0) is 47.0 Å². The molecule has 7 nitrogen and oxygen atoms in total. The van der Waals surface area contributed by atoms with Gasteiger partial charge >= 0.3 is 5.97 Å². The molecule has 0 aliphatic heterocycles. The molecule has 0 unspecified atom stereocenters. The average Bonchev–Trinajstić information content (AvgIpc) is 2.78. The van der Waals surface area contributed by atoms with E-state index in [-0.39, 0.29) is 17.4 Å². The molecule has 0 fully saturated rings. The fourth-order valence-corrected chi connectivity index (χ4v) is 2.83. The second-order valence-corrected chi connectivity index (χ2v) is 6.75. The van der Waals surface area contributed by atoms with Crippen LogP contribution in [0.4, 0.5) is 0 Å². The van der Waals surface area contributed by atoms with E-state index in [1.165, 1.54) is 12.3 Å². The van der Waals surface area contributed by atoms with Crippen LogP contribution in [0.2, 0.25) is 5.02 Å². The zero-order chi connectivity index (χ0) is 22.1. The van der Waals surface area contributed by atoms with Crippen molar-refractivity contribution in [2.45, 2.75) is 0 Å². The van der Waals surface area contributed by atoms with Gasteiger partial charge in [0.15, 0.2) is 13.2 Å². The predicted octanol–water partition coefficient (Wildman–Crippen LogP) is 4.00. The van der Waals surface area contributed by atoms with Gasteiger partial charge in [0, 0.05) is 0 Å². The fourth-order valence-electron chi connectivity index (χ4n) is 2.59. The van der Waals surface area contributed by atoms with Crippen molar-refractivity contribution in [3.05, 3.63) is 83.4 Å². The second kappa shape index (κ2) is 10.8. The molecule has 3 aromatic carbocycles. The summed E-state index contributed by atoms with van der Waals surface area (Å²) in [5, 5.41) is 12.7. The molecule has 2 N–H and O–H groups in total. The topological polar surface area (TPSA) is 97.2 Å². The van der Waals surface area contributed by atoms with E-state index in [9.17, 15) is 9.59 Å². The molecule has 0 atom stereocenters. The number of amides is 1. The summed E-state index contributed by atoms with van der Waals surface area (Å²) >= 11 is 6.04. The van der Waals surface area contributed by atoms with Gasteiger partial charge in [-0.2, -0.15) is 5.10 Å². The Bertz CT molecular complexity index is 1070. The van der Waals surface area contributed by atoms with Crippen molar-refractivity contribution in [3.8, 4) is 22.6 Å². The van der Waals surface area contributed by atoms with Crippen molar-refractivity contribution in [3.63, 3.8) is 0 Å². The van der Waals surface area contributed by atoms with Gasteiger partial charge in [-0.1, -0.05) is 54.1 Å². The number of ether oxygens (including phenoxy) is 2. The van der Waals surface area contributed by atoms with Crippen molar-refractivity contribution < 1.29 is 24.2 Å². The maximum Gasteiger partial charge on any atom is 0.341 e. The Labute approximate surface area is 183 Å². The molecule has 0 aromatic heterocycles. The minimum absolute atomic E-state index is 0.190. The standard InChI is InChI=1S/C23H19ClN2O5/c24-20-12-16(6-11-21(20)31-15-23(28)29)13-25-26-22(27)14-30-19-9-7-18(8-10-19)17-4-2-1-3-5-17/h1-13H,14-15H2,(H,26,27)(H,28,29)/b25-13+. The number of aliphatic carboxylic acids is 1. The van der Waals surface area contributed by atoms with Crippen molar-refractivity contribution in [2.24, 2.45) is 5.10 Å². The number of hydrazone groups is 1. The number of nitrogens with zero attached hydrogens (tertiary/aromatic N) is 1. The number of nitrogens with one attached hydrogen (secondary N) is 1. The molecule has 8 heteroatoms. The molecular weight excluding hydrogens is 420 g/mol. The van der Waals surface area contributed by atoms with E-state index < -0.39 is 18.5 Å². The fraction of sp³-hybridized carbons (Fsp3) is 0.0870. The maximum atomic E-state index is 11.9. The zero-order valence-electron chi connectivity index (χ0n) is 16.3. The first-order valence-electron chi connectivity index (χ1n) is 9.25. The number of benzene rings is 3. The number of halogens is 1. The maximum absolute atomic E-state index is 11.9. The van der Waals surface area contributed by atoms with Gasteiger partial charge in [0.1, 0.15) is 11.5 Å². The molecule has 0 aliphatic rings. The summed E-state index contributed by atoms with van der Waals surface area (Å²) in [6, 6.07) is 22.1. The minimum Gasteiger partial charge on any atom is -0.484 e. The lowest BCUT2D eigenvalue weighted by Gasteiger charge is -2.07. The van der Waals surface area contributed by atoms with Gasteiger partial charge in [-0.25, -0.2) is 10.2 Å². The molecule has 3 aromatic rings. The average molecular weight is 439 g/mol. The van der Waals surface area contributed by atoms with Gasteiger partial charge in [0.2, 0.25) is 0 Å². The van der Waals surface area contributed by atoms with E-state index in [1.54, 1.807) is 24.3 Å². The highest BCUT2D eigenvalue weighted by molar-refractivity contribution is 6.32. The quantitative estimate of drug-likeness (QED) is 0.389. The van der Waals surface area contributed by atoms with Crippen LogP contribution in [0, 0.1) is 0 Å². The van der Waals surface area contributed by atoms with Crippen molar-refractivity contribution in [2.75, 3.05) is 13.2 Å². The number of carbonyl (C=O) groups excluding carboxylic acids is 1. The Balaban J connectivity index is 1.46. The third-order valence-corrected chi connectivity index (χ3v) is 4.34. The molecule has 158 valence electrons. The lowest BCUT2D eigenvalue weighted by Crippen LogP contribution is -2.24. The summed E-state index contributed by atoms with van der Waals surface area (Å²) in [6.07, 6.45) is 1.40. The molecule has 0 aliphatic carbocycles. The Morgan fingerprint density at radius 2 is 1.65 bits per heavy atom. The largest absolute Gasteiger partial charge is 0.484 e. The lowest BCUT2D eigenvalue weighted by molar-refractivity contribution is -0.139. The van der Waals surface area contributed by atoms with E-state index in [0.29, 0.717) is 11.3 Å². The molecule has 3 rings (SSSR count). The van der Waals surface area contributed by atoms with Crippen LogP contribution in [0.1, 0.15) is 5.56 Å². The molecule has 0 saturated heterocycles. The first kappa shape index (κ1) is 21.9.